The number of aliphatic hydroxyl groups is 1. The molecule has 1 aromatic heterocycles. The van der Waals surface area contributed by atoms with Gasteiger partial charge in [0.25, 0.3) is 0 Å². The summed E-state index contributed by atoms with van der Waals surface area (Å²) in [6.07, 6.45) is -4.59. The number of nitrogens with zero attached hydrogens (tertiary/aromatic N) is 3. The van der Waals surface area contributed by atoms with Gasteiger partial charge in [0.15, 0.2) is 0 Å². The van der Waals surface area contributed by atoms with Crippen LogP contribution >= 0.6 is 0 Å². The Kier molecular flexibility index (Phi) is 5.49. The van der Waals surface area contributed by atoms with E-state index in [2.05, 4.69) is 20.0 Å². The maximum Gasteiger partial charge on any atom is 0.471 e. The van der Waals surface area contributed by atoms with Crippen LogP contribution in [0.3, 0.4) is 0 Å². The van der Waals surface area contributed by atoms with E-state index in [0.29, 0.717) is 30.8 Å². The summed E-state index contributed by atoms with van der Waals surface area (Å²) in [5, 5.41) is 15.4. The molecule has 0 bridgehead atoms. The van der Waals surface area contributed by atoms with Crippen LogP contribution in [0, 0.1) is 0 Å². The lowest BCUT2D eigenvalue weighted by molar-refractivity contribution is -0.159. The Morgan fingerprint density at radius 1 is 1.37 bits per heavy atom. The summed E-state index contributed by atoms with van der Waals surface area (Å²) in [7, 11) is 0. The fraction of sp³-hybridized carbons (Fsp3) is 0.438. The molecule has 1 aromatic carbocycles. The lowest BCUT2D eigenvalue weighted by atomic mass is 10.2. The van der Waals surface area contributed by atoms with Crippen molar-refractivity contribution in [1.29, 1.82) is 0 Å². The molecular formula is C16H17F3N4O4. The number of aliphatic hydroxyl groups excluding tert-OH is 1. The third kappa shape index (κ3) is 4.88. The number of aromatic nitrogens is 2. The Morgan fingerprint density at radius 3 is 2.70 bits per heavy atom. The molecule has 0 spiro atoms. The average Bonchev–Trinajstić information content (AvgIpc) is 3.28. The molecule has 2 aromatic rings. The van der Waals surface area contributed by atoms with Crippen LogP contribution in [0.1, 0.15) is 12.3 Å². The number of carbonyl (C=O) groups is 1. The van der Waals surface area contributed by atoms with Crippen LogP contribution in [0.15, 0.2) is 28.8 Å². The summed E-state index contributed by atoms with van der Waals surface area (Å²) in [5.74, 6) is -1.10. The Hall–Kier alpha value is -2.82. The number of nitrogens with one attached hydrogen (secondary N) is 1. The molecule has 0 aliphatic carbocycles. The zero-order valence-corrected chi connectivity index (χ0v) is 14.1. The summed E-state index contributed by atoms with van der Waals surface area (Å²) < 4.78 is 47.1. The predicted octanol–water partition coefficient (Wildman–Crippen LogP) is 1.91. The smallest absolute Gasteiger partial charge is 0.471 e. The van der Waals surface area contributed by atoms with Gasteiger partial charge in [-0.1, -0.05) is 5.16 Å². The molecule has 1 fully saturated rings. The van der Waals surface area contributed by atoms with Crippen molar-refractivity contribution in [2.45, 2.75) is 18.7 Å². The molecule has 146 valence electrons. The largest absolute Gasteiger partial charge is 0.492 e. The van der Waals surface area contributed by atoms with Gasteiger partial charge in [0.2, 0.25) is 5.82 Å². The van der Waals surface area contributed by atoms with E-state index >= 15 is 0 Å². The number of alkyl halides is 3. The van der Waals surface area contributed by atoms with Gasteiger partial charge in [0.05, 0.1) is 12.6 Å². The van der Waals surface area contributed by atoms with Crippen LogP contribution in [0.4, 0.5) is 18.0 Å². The van der Waals surface area contributed by atoms with Crippen LogP contribution in [0.2, 0.25) is 0 Å². The maximum absolute atomic E-state index is 12.5. The molecule has 2 heterocycles. The monoisotopic (exact) mass is 386 g/mol. The second kappa shape index (κ2) is 7.82. The van der Waals surface area contributed by atoms with Gasteiger partial charge in [-0.3, -0.25) is 0 Å². The molecule has 0 radical (unpaired) electrons. The van der Waals surface area contributed by atoms with Crippen LogP contribution in [-0.2, 0) is 6.18 Å². The van der Waals surface area contributed by atoms with Crippen LogP contribution < -0.4 is 10.1 Å². The van der Waals surface area contributed by atoms with Crippen molar-refractivity contribution in [2.24, 2.45) is 0 Å². The zero-order chi connectivity index (χ0) is 19.4. The Bertz CT molecular complexity index is 779. The quantitative estimate of drug-likeness (QED) is 0.762. The number of carbonyl (C=O) groups excluding carboxylic acids is 1. The molecular weight excluding hydrogens is 369 g/mol. The standard InChI is InChI=1S/C16H17F3N4O4/c17-16(18,19)14-21-13(22-27-14)10-1-3-12(4-2-10)26-8-6-20-15(25)23-7-5-11(24)9-23/h1-4,11,24H,5-9H2,(H,20,25). The molecule has 27 heavy (non-hydrogen) atoms. The van der Waals surface area contributed by atoms with Gasteiger partial charge in [0.1, 0.15) is 12.4 Å². The van der Waals surface area contributed by atoms with Gasteiger partial charge in [-0.2, -0.15) is 18.2 Å². The number of benzene rings is 1. The highest BCUT2D eigenvalue weighted by molar-refractivity contribution is 5.74. The topological polar surface area (TPSA) is 101 Å². The van der Waals surface area contributed by atoms with Crippen molar-refractivity contribution in [1.82, 2.24) is 20.4 Å². The van der Waals surface area contributed by atoms with E-state index in [1.54, 1.807) is 12.1 Å². The lowest BCUT2D eigenvalue weighted by Gasteiger charge is -2.16. The fourth-order valence-corrected chi connectivity index (χ4v) is 2.52. The predicted molar refractivity (Wildman–Crippen MR) is 85.8 cm³/mol. The Balaban J connectivity index is 1.45. The molecule has 1 aliphatic rings. The number of ether oxygens (including phenoxy) is 1. The molecule has 8 nitrogen and oxygen atoms in total. The second-order valence-electron chi connectivity index (χ2n) is 5.91. The molecule has 1 aliphatic heterocycles. The molecule has 3 rings (SSSR count). The van der Waals surface area contributed by atoms with Crippen molar-refractivity contribution >= 4 is 6.03 Å². The number of β-amino-alcohol motifs (C(OH)–C–C–N with tert-alkyl or cyclic N) is 1. The van der Waals surface area contributed by atoms with E-state index in [4.69, 9.17) is 4.74 Å². The van der Waals surface area contributed by atoms with Gasteiger partial charge in [-0.25, -0.2) is 4.79 Å². The maximum atomic E-state index is 12.5. The van der Waals surface area contributed by atoms with E-state index in [1.165, 1.54) is 17.0 Å². The van der Waals surface area contributed by atoms with E-state index in [9.17, 15) is 23.1 Å². The van der Waals surface area contributed by atoms with Gasteiger partial charge in [0, 0.05) is 18.7 Å². The zero-order valence-electron chi connectivity index (χ0n) is 14.1. The third-order valence-corrected chi connectivity index (χ3v) is 3.88. The number of likely N-dealkylation sites (tertiary alicyclic amines) is 1. The van der Waals surface area contributed by atoms with E-state index in [-0.39, 0.29) is 25.0 Å². The van der Waals surface area contributed by atoms with Crippen LogP contribution in [0.25, 0.3) is 11.4 Å². The first-order chi connectivity index (χ1) is 12.8. The van der Waals surface area contributed by atoms with Crippen LogP contribution in [-0.4, -0.2) is 58.5 Å². The lowest BCUT2D eigenvalue weighted by Crippen LogP contribution is -2.40. The van der Waals surface area contributed by atoms with Gasteiger partial charge in [-0.05, 0) is 30.7 Å². The molecule has 2 N–H and O–H groups in total. The minimum absolute atomic E-state index is 0.172. The highest BCUT2D eigenvalue weighted by Gasteiger charge is 2.38. The van der Waals surface area contributed by atoms with Crippen molar-refractivity contribution in [2.75, 3.05) is 26.2 Å². The highest BCUT2D eigenvalue weighted by atomic mass is 19.4. The first-order valence-electron chi connectivity index (χ1n) is 8.18. The first kappa shape index (κ1) is 19.0. The number of urea groups is 1. The van der Waals surface area contributed by atoms with Crippen LogP contribution in [0.5, 0.6) is 5.75 Å². The number of hydrogen-bond donors (Lipinski definition) is 2. The summed E-state index contributed by atoms with van der Waals surface area (Å²) >= 11 is 0. The molecule has 11 heteroatoms. The molecule has 1 unspecified atom stereocenters. The van der Waals surface area contributed by atoms with Crippen molar-refractivity contribution < 1.29 is 32.3 Å². The summed E-state index contributed by atoms with van der Waals surface area (Å²) in [5.41, 5.74) is 0.350. The molecule has 1 saturated heterocycles. The second-order valence-corrected chi connectivity index (χ2v) is 5.91. The minimum atomic E-state index is -4.69. The SMILES string of the molecule is O=C(NCCOc1ccc(-c2noc(C(F)(F)F)n2)cc1)N1CCC(O)C1. The third-order valence-electron chi connectivity index (χ3n) is 3.88. The number of hydrogen-bond acceptors (Lipinski definition) is 6. The van der Waals surface area contributed by atoms with Crippen molar-refractivity contribution in [3.8, 4) is 17.1 Å². The van der Waals surface area contributed by atoms with Gasteiger partial charge >= 0.3 is 18.1 Å². The summed E-state index contributed by atoms with van der Waals surface area (Å²) in [6.45, 7) is 1.32. The molecule has 0 saturated carbocycles. The summed E-state index contributed by atoms with van der Waals surface area (Å²) in [6, 6.07) is 5.85. The normalized spacial score (nSPS) is 17.2. The Labute approximate surface area is 151 Å². The van der Waals surface area contributed by atoms with Crippen molar-refractivity contribution in [3.63, 3.8) is 0 Å². The average molecular weight is 386 g/mol. The summed E-state index contributed by atoms with van der Waals surface area (Å²) in [4.78, 5) is 16.7. The fourth-order valence-electron chi connectivity index (χ4n) is 2.52. The Morgan fingerprint density at radius 2 is 2.11 bits per heavy atom. The number of halogens is 3. The molecule has 1 atom stereocenters. The highest BCUT2D eigenvalue weighted by Crippen LogP contribution is 2.29. The van der Waals surface area contributed by atoms with Gasteiger partial charge in [-0.15, -0.1) is 0 Å². The van der Waals surface area contributed by atoms with E-state index in [0.717, 1.165) is 0 Å². The van der Waals surface area contributed by atoms with E-state index < -0.39 is 18.2 Å². The van der Waals surface area contributed by atoms with Crippen molar-refractivity contribution in [3.05, 3.63) is 30.2 Å². The minimum Gasteiger partial charge on any atom is -0.492 e. The molecule has 2 amide bonds. The number of amides is 2. The first-order valence-corrected chi connectivity index (χ1v) is 8.18. The van der Waals surface area contributed by atoms with Gasteiger partial charge < -0.3 is 24.6 Å². The van der Waals surface area contributed by atoms with E-state index in [1.807, 2.05) is 0 Å². The number of rotatable bonds is 5.